The van der Waals surface area contributed by atoms with Gasteiger partial charge in [-0.15, -0.1) is 0 Å². The molecule has 0 unspecified atom stereocenters. The molecule has 1 rings (SSSR count). The van der Waals surface area contributed by atoms with Crippen molar-refractivity contribution < 1.29 is 14.6 Å². The molecule has 0 spiro atoms. The van der Waals surface area contributed by atoms with Gasteiger partial charge >= 0.3 is 5.97 Å². The third kappa shape index (κ3) is 7.14. The Morgan fingerprint density at radius 2 is 1.95 bits per heavy atom. The molecule has 4 nitrogen and oxygen atoms in total. The molecule has 0 aliphatic carbocycles. The van der Waals surface area contributed by atoms with E-state index in [0.29, 0.717) is 19.1 Å². The Kier molecular flexibility index (Phi) is 7.83. The number of benzene rings is 1. The first-order valence-electron chi connectivity index (χ1n) is 7.60. The summed E-state index contributed by atoms with van der Waals surface area (Å²) in [6.45, 7) is 9.01. The average molecular weight is 293 g/mol. The Balaban J connectivity index is 2.53. The van der Waals surface area contributed by atoms with Crippen LogP contribution in [0.1, 0.15) is 32.3 Å². The van der Waals surface area contributed by atoms with Crippen LogP contribution in [0.4, 0.5) is 5.69 Å². The number of hydrogen-bond acceptors (Lipinski definition) is 3. The minimum Gasteiger partial charge on any atom is -0.481 e. The van der Waals surface area contributed by atoms with E-state index in [0.717, 1.165) is 30.8 Å². The number of nitrogens with zero attached hydrogens (tertiary/aromatic N) is 1. The number of hydrogen-bond donors (Lipinski definition) is 1. The van der Waals surface area contributed by atoms with Crippen molar-refractivity contribution in [2.45, 2.75) is 33.6 Å². The summed E-state index contributed by atoms with van der Waals surface area (Å²) in [4.78, 5) is 12.9. The predicted octanol–water partition coefficient (Wildman–Crippen LogP) is 3.34. The van der Waals surface area contributed by atoms with Crippen LogP contribution in [0.2, 0.25) is 0 Å². The lowest BCUT2D eigenvalue weighted by molar-refractivity contribution is -0.136. The fourth-order valence-corrected chi connectivity index (χ4v) is 2.10. The summed E-state index contributed by atoms with van der Waals surface area (Å²) in [5.41, 5.74) is 2.25. The summed E-state index contributed by atoms with van der Waals surface area (Å²) in [7, 11) is 0. The number of para-hydroxylation sites is 1. The van der Waals surface area contributed by atoms with Crippen LogP contribution in [0.3, 0.4) is 0 Å². The van der Waals surface area contributed by atoms with Crippen molar-refractivity contribution in [3.05, 3.63) is 29.8 Å². The molecule has 118 valence electrons. The zero-order valence-corrected chi connectivity index (χ0v) is 13.3. The van der Waals surface area contributed by atoms with Crippen LogP contribution in [-0.4, -0.2) is 37.4 Å². The quantitative estimate of drug-likeness (QED) is 0.672. The molecule has 0 saturated carbocycles. The molecule has 0 radical (unpaired) electrons. The fourth-order valence-electron chi connectivity index (χ4n) is 2.10. The molecule has 0 amide bonds. The molecule has 21 heavy (non-hydrogen) atoms. The van der Waals surface area contributed by atoms with E-state index in [1.165, 1.54) is 0 Å². The maximum atomic E-state index is 10.8. The number of ether oxygens (including phenoxy) is 1. The van der Waals surface area contributed by atoms with Crippen LogP contribution in [0.5, 0.6) is 0 Å². The van der Waals surface area contributed by atoms with Crippen molar-refractivity contribution in [2.24, 2.45) is 5.92 Å². The maximum Gasteiger partial charge on any atom is 0.305 e. The highest BCUT2D eigenvalue weighted by Crippen LogP contribution is 2.19. The van der Waals surface area contributed by atoms with Crippen LogP contribution in [0.15, 0.2) is 24.3 Å². The van der Waals surface area contributed by atoms with Gasteiger partial charge in [-0.2, -0.15) is 0 Å². The Morgan fingerprint density at radius 3 is 2.57 bits per heavy atom. The van der Waals surface area contributed by atoms with Gasteiger partial charge < -0.3 is 14.7 Å². The Hall–Kier alpha value is -1.55. The lowest BCUT2D eigenvalue weighted by Gasteiger charge is -2.26. The first-order valence-corrected chi connectivity index (χ1v) is 7.60. The zero-order chi connectivity index (χ0) is 15.7. The van der Waals surface area contributed by atoms with Crippen LogP contribution in [0.25, 0.3) is 0 Å². The van der Waals surface area contributed by atoms with E-state index in [4.69, 9.17) is 9.84 Å². The molecule has 1 aromatic carbocycles. The normalized spacial score (nSPS) is 10.9. The topological polar surface area (TPSA) is 49.8 Å². The summed E-state index contributed by atoms with van der Waals surface area (Å²) in [6, 6.07) is 8.05. The van der Waals surface area contributed by atoms with Crippen molar-refractivity contribution in [3.8, 4) is 0 Å². The van der Waals surface area contributed by atoms with Gasteiger partial charge in [0.2, 0.25) is 0 Å². The Bertz CT molecular complexity index is 432. The molecular formula is C17H27NO3. The zero-order valence-electron chi connectivity index (χ0n) is 13.3. The Labute approximate surface area is 127 Å². The first kappa shape index (κ1) is 17.5. The van der Waals surface area contributed by atoms with Gasteiger partial charge in [0.05, 0.1) is 13.0 Å². The van der Waals surface area contributed by atoms with Gasteiger partial charge in [-0.25, -0.2) is 0 Å². The number of aryl methyl sites for hydroxylation is 1. The van der Waals surface area contributed by atoms with Crippen molar-refractivity contribution in [1.82, 2.24) is 0 Å². The highest BCUT2D eigenvalue weighted by Gasteiger charge is 2.10. The summed E-state index contributed by atoms with van der Waals surface area (Å²) < 4.78 is 5.65. The van der Waals surface area contributed by atoms with Gasteiger partial charge in [0.15, 0.2) is 0 Å². The van der Waals surface area contributed by atoms with Gasteiger partial charge in [0.25, 0.3) is 0 Å². The minimum absolute atomic E-state index is 0.139. The molecule has 0 heterocycles. The molecule has 0 aliphatic rings. The number of anilines is 1. The molecule has 4 heteroatoms. The SMILES string of the molecule is Cc1ccccc1N(CCOCCC(C)C)CCC(=O)O. The third-order valence-corrected chi connectivity index (χ3v) is 3.40. The molecule has 0 aromatic heterocycles. The first-order chi connectivity index (χ1) is 10.0. The fraction of sp³-hybridized carbons (Fsp3) is 0.588. The monoisotopic (exact) mass is 293 g/mol. The number of rotatable bonds is 10. The van der Waals surface area contributed by atoms with E-state index < -0.39 is 5.97 Å². The van der Waals surface area contributed by atoms with Crippen molar-refractivity contribution in [3.63, 3.8) is 0 Å². The van der Waals surface area contributed by atoms with Crippen LogP contribution in [0, 0.1) is 12.8 Å². The van der Waals surface area contributed by atoms with Crippen LogP contribution in [-0.2, 0) is 9.53 Å². The second-order valence-electron chi connectivity index (χ2n) is 5.71. The van der Waals surface area contributed by atoms with E-state index in [1.54, 1.807) is 0 Å². The highest BCUT2D eigenvalue weighted by atomic mass is 16.5. The van der Waals surface area contributed by atoms with E-state index in [9.17, 15) is 4.79 Å². The van der Waals surface area contributed by atoms with E-state index >= 15 is 0 Å². The third-order valence-electron chi connectivity index (χ3n) is 3.40. The van der Waals surface area contributed by atoms with Gasteiger partial charge in [0.1, 0.15) is 0 Å². The number of carbonyl (C=O) groups is 1. The van der Waals surface area contributed by atoms with E-state index in [-0.39, 0.29) is 6.42 Å². The maximum absolute atomic E-state index is 10.8. The van der Waals surface area contributed by atoms with Crippen LogP contribution < -0.4 is 4.90 Å². The van der Waals surface area contributed by atoms with Gasteiger partial charge in [-0.1, -0.05) is 32.0 Å². The van der Waals surface area contributed by atoms with Crippen molar-refractivity contribution in [2.75, 3.05) is 31.2 Å². The minimum atomic E-state index is -0.769. The van der Waals surface area contributed by atoms with Gasteiger partial charge in [-0.3, -0.25) is 4.79 Å². The molecule has 1 aromatic rings. The summed E-state index contributed by atoms with van der Waals surface area (Å²) in [6.07, 6.45) is 1.19. The second kappa shape index (κ2) is 9.40. The molecular weight excluding hydrogens is 266 g/mol. The standard InChI is InChI=1S/C17H27NO3/c1-14(2)9-12-21-13-11-18(10-8-17(19)20)16-7-5-4-6-15(16)3/h4-7,14H,8-13H2,1-3H3,(H,19,20). The van der Waals surface area contributed by atoms with Gasteiger partial charge in [-0.05, 0) is 30.9 Å². The smallest absolute Gasteiger partial charge is 0.305 e. The molecule has 1 N–H and O–H groups in total. The summed E-state index contributed by atoms with van der Waals surface area (Å²) >= 11 is 0. The van der Waals surface area contributed by atoms with E-state index in [2.05, 4.69) is 18.7 Å². The van der Waals surface area contributed by atoms with Crippen LogP contribution >= 0.6 is 0 Å². The lowest BCUT2D eigenvalue weighted by atomic mass is 10.1. The molecule has 0 atom stereocenters. The van der Waals surface area contributed by atoms with Crippen molar-refractivity contribution in [1.29, 1.82) is 0 Å². The number of carboxylic acid groups (broad SMARTS) is 1. The number of carboxylic acids is 1. The van der Waals surface area contributed by atoms with Gasteiger partial charge in [0, 0.05) is 25.4 Å². The predicted molar refractivity (Wildman–Crippen MR) is 85.9 cm³/mol. The number of aliphatic carboxylic acids is 1. The Morgan fingerprint density at radius 1 is 1.24 bits per heavy atom. The highest BCUT2D eigenvalue weighted by molar-refractivity contribution is 5.68. The molecule has 0 aliphatic heterocycles. The largest absolute Gasteiger partial charge is 0.481 e. The van der Waals surface area contributed by atoms with Crippen molar-refractivity contribution >= 4 is 11.7 Å². The summed E-state index contributed by atoms with van der Waals surface area (Å²) in [5.74, 6) is -0.126. The molecule has 0 saturated heterocycles. The second-order valence-corrected chi connectivity index (χ2v) is 5.71. The lowest BCUT2D eigenvalue weighted by Crippen LogP contribution is -2.30. The summed E-state index contributed by atoms with van der Waals surface area (Å²) in [5, 5.41) is 8.89. The molecule has 0 bridgehead atoms. The molecule has 0 fully saturated rings. The average Bonchev–Trinajstić information content (AvgIpc) is 2.42. The van der Waals surface area contributed by atoms with E-state index in [1.807, 2.05) is 31.2 Å².